The van der Waals surface area contributed by atoms with Crippen molar-refractivity contribution in [3.63, 3.8) is 0 Å². The van der Waals surface area contributed by atoms with Gasteiger partial charge in [0.05, 0.1) is 6.42 Å². The van der Waals surface area contributed by atoms with Crippen LogP contribution in [0.1, 0.15) is 30.9 Å². The number of carbonyl (C=O) groups excluding carboxylic acids is 2. The Morgan fingerprint density at radius 3 is 2.40 bits per heavy atom. The molecule has 2 amide bonds. The molecule has 4 N–H and O–H groups in total. The summed E-state index contributed by atoms with van der Waals surface area (Å²) in [5, 5.41) is 5.58. The Bertz CT molecular complexity index is 480. The standard InChI is InChI=1S/C15H21N3O2/c1-10(15(20)18-13-6-7-13)17-14(19)8-11-2-4-12(9-16)5-3-11/h2-5,10,13H,6-9,16H2,1H3,(H,17,19)(H,18,20). The molecular formula is C15H21N3O2. The van der Waals surface area contributed by atoms with Crippen LogP contribution in [-0.4, -0.2) is 23.9 Å². The van der Waals surface area contributed by atoms with E-state index in [4.69, 9.17) is 5.73 Å². The molecule has 1 aromatic carbocycles. The lowest BCUT2D eigenvalue weighted by atomic mass is 10.1. The van der Waals surface area contributed by atoms with Gasteiger partial charge in [-0.3, -0.25) is 9.59 Å². The molecular weight excluding hydrogens is 254 g/mol. The van der Waals surface area contributed by atoms with E-state index in [0.717, 1.165) is 24.0 Å². The maximum Gasteiger partial charge on any atom is 0.242 e. The molecule has 0 radical (unpaired) electrons. The van der Waals surface area contributed by atoms with Gasteiger partial charge in [0.15, 0.2) is 0 Å². The molecule has 0 aliphatic heterocycles. The van der Waals surface area contributed by atoms with Gasteiger partial charge in [-0.05, 0) is 30.9 Å². The smallest absolute Gasteiger partial charge is 0.242 e. The van der Waals surface area contributed by atoms with Crippen LogP contribution in [0.15, 0.2) is 24.3 Å². The quantitative estimate of drug-likeness (QED) is 0.705. The van der Waals surface area contributed by atoms with Gasteiger partial charge in [-0.25, -0.2) is 0 Å². The highest BCUT2D eigenvalue weighted by Crippen LogP contribution is 2.18. The van der Waals surface area contributed by atoms with E-state index in [1.807, 2.05) is 24.3 Å². The van der Waals surface area contributed by atoms with Gasteiger partial charge in [-0.2, -0.15) is 0 Å². The van der Waals surface area contributed by atoms with Gasteiger partial charge >= 0.3 is 0 Å². The molecule has 1 fully saturated rings. The molecule has 5 heteroatoms. The van der Waals surface area contributed by atoms with Gasteiger partial charge in [0, 0.05) is 12.6 Å². The number of carbonyl (C=O) groups is 2. The lowest BCUT2D eigenvalue weighted by Crippen LogP contribution is -2.45. The number of amides is 2. The van der Waals surface area contributed by atoms with Crippen molar-refractivity contribution in [1.29, 1.82) is 0 Å². The van der Waals surface area contributed by atoms with E-state index in [2.05, 4.69) is 10.6 Å². The zero-order valence-corrected chi connectivity index (χ0v) is 11.7. The lowest BCUT2D eigenvalue weighted by molar-refractivity contribution is -0.128. The van der Waals surface area contributed by atoms with Crippen LogP contribution in [0.3, 0.4) is 0 Å². The van der Waals surface area contributed by atoms with Gasteiger partial charge in [-0.1, -0.05) is 24.3 Å². The van der Waals surface area contributed by atoms with Crippen LogP contribution < -0.4 is 16.4 Å². The van der Waals surface area contributed by atoms with Crippen LogP contribution in [0.5, 0.6) is 0 Å². The van der Waals surface area contributed by atoms with E-state index in [1.54, 1.807) is 6.92 Å². The Hall–Kier alpha value is -1.88. The molecule has 20 heavy (non-hydrogen) atoms. The normalized spacial score (nSPS) is 15.5. The third kappa shape index (κ3) is 4.35. The molecule has 1 unspecified atom stereocenters. The first kappa shape index (κ1) is 14.5. The average molecular weight is 275 g/mol. The van der Waals surface area contributed by atoms with E-state index in [0.29, 0.717) is 12.6 Å². The highest BCUT2D eigenvalue weighted by atomic mass is 16.2. The predicted molar refractivity (Wildman–Crippen MR) is 76.8 cm³/mol. The lowest BCUT2D eigenvalue weighted by Gasteiger charge is -2.13. The van der Waals surface area contributed by atoms with Crippen molar-refractivity contribution < 1.29 is 9.59 Å². The first-order chi connectivity index (χ1) is 9.58. The topological polar surface area (TPSA) is 84.2 Å². The summed E-state index contributed by atoms with van der Waals surface area (Å²) in [6, 6.07) is 7.41. The molecule has 0 bridgehead atoms. The second-order valence-electron chi connectivity index (χ2n) is 5.27. The van der Waals surface area contributed by atoms with Gasteiger partial charge < -0.3 is 16.4 Å². The monoisotopic (exact) mass is 275 g/mol. The fraction of sp³-hybridized carbons (Fsp3) is 0.467. The van der Waals surface area contributed by atoms with Crippen LogP contribution in [-0.2, 0) is 22.6 Å². The summed E-state index contributed by atoms with van der Waals surface area (Å²) in [5.41, 5.74) is 7.47. The fourth-order valence-corrected chi connectivity index (χ4v) is 1.89. The first-order valence-electron chi connectivity index (χ1n) is 6.96. The molecule has 0 spiro atoms. The van der Waals surface area contributed by atoms with Gasteiger partial charge in [0.1, 0.15) is 6.04 Å². The Morgan fingerprint density at radius 2 is 1.85 bits per heavy atom. The average Bonchev–Trinajstić information content (AvgIpc) is 3.23. The molecule has 1 aromatic rings. The van der Waals surface area contributed by atoms with E-state index in [1.165, 1.54) is 0 Å². The highest BCUT2D eigenvalue weighted by Gasteiger charge is 2.26. The van der Waals surface area contributed by atoms with Crippen LogP contribution in [0.25, 0.3) is 0 Å². The molecule has 0 heterocycles. The van der Waals surface area contributed by atoms with Crippen molar-refractivity contribution in [2.45, 2.75) is 44.8 Å². The van der Waals surface area contributed by atoms with Gasteiger partial charge in [-0.15, -0.1) is 0 Å². The summed E-state index contributed by atoms with van der Waals surface area (Å²) in [6.45, 7) is 2.19. The molecule has 5 nitrogen and oxygen atoms in total. The van der Waals surface area contributed by atoms with Crippen molar-refractivity contribution in [3.8, 4) is 0 Å². The fourth-order valence-electron chi connectivity index (χ4n) is 1.89. The van der Waals surface area contributed by atoms with E-state index in [9.17, 15) is 9.59 Å². The summed E-state index contributed by atoms with van der Waals surface area (Å²) in [6.07, 6.45) is 2.35. The number of hydrogen-bond donors (Lipinski definition) is 3. The second-order valence-corrected chi connectivity index (χ2v) is 5.27. The van der Waals surface area contributed by atoms with Crippen molar-refractivity contribution in [1.82, 2.24) is 10.6 Å². The highest BCUT2D eigenvalue weighted by molar-refractivity contribution is 5.88. The molecule has 0 aromatic heterocycles. The maximum atomic E-state index is 11.9. The number of nitrogens with one attached hydrogen (secondary N) is 2. The summed E-state index contributed by atoms with van der Waals surface area (Å²) >= 11 is 0. The summed E-state index contributed by atoms with van der Waals surface area (Å²) in [5.74, 6) is -0.261. The first-order valence-corrected chi connectivity index (χ1v) is 6.96. The summed E-state index contributed by atoms with van der Waals surface area (Å²) in [4.78, 5) is 23.6. The Balaban J connectivity index is 1.79. The van der Waals surface area contributed by atoms with Crippen molar-refractivity contribution in [2.75, 3.05) is 0 Å². The van der Waals surface area contributed by atoms with Crippen LogP contribution in [0.4, 0.5) is 0 Å². The zero-order valence-electron chi connectivity index (χ0n) is 11.7. The van der Waals surface area contributed by atoms with Gasteiger partial charge in [0.25, 0.3) is 0 Å². The molecule has 108 valence electrons. The Labute approximate surface area is 118 Å². The van der Waals surface area contributed by atoms with Crippen molar-refractivity contribution in [2.24, 2.45) is 5.73 Å². The Kier molecular flexibility index (Phi) is 4.74. The SMILES string of the molecule is CC(NC(=O)Cc1ccc(CN)cc1)C(=O)NC1CC1. The number of benzene rings is 1. The molecule has 1 aliphatic rings. The minimum absolute atomic E-state index is 0.112. The molecule has 1 aliphatic carbocycles. The van der Waals surface area contributed by atoms with Crippen molar-refractivity contribution >= 4 is 11.8 Å². The largest absolute Gasteiger partial charge is 0.352 e. The molecule has 2 rings (SSSR count). The third-order valence-electron chi connectivity index (χ3n) is 3.32. The minimum Gasteiger partial charge on any atom is -0.352 e. The van der Waals surface area contributed by atoms with Crippen LogP contribution in [0, 0.1) is 0 Å². The Morgan fingerprint density at radius 1 is 1.25 bits per heavy atom. The second kappa shape index (κ2) is 6.52. The molecule has 1 saturated carbocycles. The number of rotatable bonds is 6. The minimum atomic E-state index is -0.494. The van der Waals surface area contributed by atoms with E-state index < -0.39 is 6.04 Å². The molecule has 1 atom stereocenters. The predicted octanol–water partition coefficient (Wildman–Crippen LogP) is 0.471. The van der Waals surface area contributed by atoms with E-state index in [-0.39, 0.29) is 18.2 Å². The van der Waals surface area contributed by atoms with E-state index >= 15 is 0 Å². The van der Waals surface area contributed by atoms with Crippen LogP contribution in [0.2, 0.25) is 0 Å². The number of hydrogen-bond acceptors (Lipinski definition) is 3. The number of nitrogens with two attached hydrogens (primary N) is 1. The van der Waals surface area contributed by atoms with Crippen LogP contribution >= 0.6 is 0 Å². The summed E-state index contributed by atoms with van der Waals surface area (Å²) < 4.78 is 0. The zero-order chi connectivity index (χ0) is 14.5. The molecule has 0 saturated heterocycles. The summed E-state index contributed by atoms with van der Waals surface area (Å²) in [7, 11) is 0. The van der Waals surface area contributed by atoms with Crippen molar-refractivity contribution in [3.05, 3.63) is 35.4 Å². The van der Waals surface area contributed by atoms with Gasteiger partial charge in [0.2, 0.25) is 11.8 Å². The maximum absolute atomic E-state index is 11.9. The third-order valence-corrected chi connectivity index (χ3v) is 3.32.